The number of thiophene rings is 4. The Kier molecular flexibility index (Phi) is 27.1. The van der Waals surface area contributed by atoms with Gasteiger partial charge in [-0.25, -0.2) is 9.59 Å². The van der Waals surface area contributed by atoms with Crippen molar-refractivity contribution in [3.63, 3.8) is 0 Å². The van der Waals surface area contributed by atoms with Gasteiger partial charge in [0.25, 0.3) is 0 Å². The SMILES string of the molecule is CC#N.CCCC[C@@H](NC(=O)N[C@@H](CC(=O)[O-])c1ccc2c(c1)OCO2)C(=O)N(Cc1cccs1)Cc1cccs1.CCCC[C@@H](NC(=O)N[C@H](CC(=O)O)c1ccc2c(c1)OCO2)C(=O)N(Cc1cccs1)Cc1cccs1.[Na+]. The molecule has 0 unspecified atom stereocenters. The molecule has 0 saturated heterocycles. The predicted octanol–water partition coefficient (Wildman–Crippen LogP) is 6.48. The van der Waals surface area contributed by atoms with Gasteiger partial charge in [-0.1, -0.05) is 75.9 Å². The van der Waals surface area contributed by atoms with Crippen LogP contribution < -0.4 is 74.9 Å². The first-order valence-corrected chi connectivity index (χ1v) is 29.1. The van der Waals surface area contributed by atoms with Crippen LogP contribution in [0.1, 0.15) is 115 Å². The van der Waals surface area contributed by atoms with E-state index < -0.39 is 54.6 Å². The van der Waals surface area contributed by atoms with Crippen LogP contribution in [0.2, 0.25) is 0 Å². The summed E-state index contributed by atoms with van der Waals surface area (Å²) in [7, 11) is 0. The van der Waals surface area contributed by atoms with Crippen molar-refractivity contribution in [1.82, 2.24) is 31.1 Å². The monoisotopic (exact) mass is 1180 g/mol. The fourth-order valence-corrected chi connectivity index (χ4v) is 11.3. The van der Waals surface area contributed by atoms with Crippen LogP contribution in [0.25, 0.3) is 0 Å². The molecule has 0 saturated carbocycles. The molecule has 0 spiro atoms. The second kappa shape index (κ2) is 33.8. The van der Waals surface area contributed by atoms with Crippen molar-refractivity contribution in [3.8, 4) is 29.1 Å². The molecule has 6 aromatic rings. The summed E-state index contributed by atoms with van der Waals surface area (Å²) < 4.78 is 21.4. The zero-order valence-electron chi connectivity index (χ0n) is 45.0. The minimum atomic E-state index is -1.32. The van der Waals surface area contributed by atoms with Crippen LogP contribution in [0, 0.1) is 11.3 Å². The molecule has 80 heavy (non-hydrogen) atoms. The fraction of sp³-hybridized carbons (Fsp3) is 0.375. The predicted molar refractivity (Wildman–Crippen MR) is 300 cm³/mol. The third-order valence-corrected chi connectivity index (χ3v) is 15.6. The number of unbranched alkanes of at least 4 members (excludes halogenated alkanes) is 2. The number of hydrogen-bond acceptors (Lipinski definition) is 16. The number of nitrogens with zero attached hydrogens (tertiary/aromatic N) is 3. The fourth-order valence-electron chi connectivity index (χ4n) is 8.38. The largest absolute Gasteiger partial charge is 1.00 e. The Morgan fingerprint density at radius 1 is 0.588 bits per heavy atom. The molecular weight excluding hydrogens is 1110 g/mol. The molecule has 6 amide bonds. The number of rotatable bonds is 26. The molecule has 4 atom stereocenters. The van der Waals surface area contributed by atoms with Crippen LogP contribution in [0.5, 0.6) is 23.0 Å². The quantitative estimate of drug-likeness (QED) is 0.0365. The van der Waals surface area contributed by atoms with Crippen molar-refractivity contribution in [2.45, 2.75) is 122 Å². The van der Waals surface area contributed by atoms with Gasteiger partial charge < -0.3 is 65.0 Å². The summed E-state index contributed by atoms with van der Waals surface area (Å²) >= 11 is 6.31. The Morgan fingerprint density at radius 3 is 1.25 bits per heavy atom. The van der Waals surface area contributed by atoms with Crippen molar-refractivity contribution >= 4 is 81.2 Å². The van der Waals surface area contributed by atoms with Gasteiger partial charge in [-0.15, -0.1) is 45.3 Å². The number of nitrogens with one attached hydrogen (secondary N) is 4. The van der Waals surface area contributed by atoms with Gasteiger partial charge in [0.15, 0.2) is 23.0 Å². The number of amides is 6. The molecule has 0 bridgehead atoms. The first-order chi connectivity index (χ1) is 38.3. The van der Waals surface area contributed by atoms with Gasteiger partial charge >= 0.3 is 47.6 Å². The molecule has 420 valence electrons. The summed E-state index contributed by atoms with van der Waals surface area (Å²) in [4.78, 5) is 84.5. The molecule has 5 N–H and O–H groups in total. The Hall–Kier alpha value is -6.65. The molecule has 0 radical (unpaired) electrons. The number of carbonyl (C=O) groups is 6. The van der Waals surface area contributed by atoms with Gasteiger partial charge in [0.2, 0.25) is 25.4 Å². The van der Waals surface area contributed by atoms with Crippen LogP contribution in [-0.2, 0) is 45.4 Å². The average molecular weight is 1180 g/mol. The van der Waals surface area contributed by atoms with Crippen molar-refractivity contribution in [1.29, 1.82) is 5.26 Å². The van der Waals surface area contributed by atoms with Crippen molar-refractivity contribution < 1.29 is 87.5 Å². The summed E-state index contributed by atoms with van der Waals surface area (Å²) in [5, 5.41) is 47.3. The number of carboxylic acid groups (broad SMARTS) is 2. The smallest absolute Gasteiger partial charge is 0.550 e. The number of ether oxygens (including phenoxy) is 4. The topological polar surface area (TPSA) is 261 Å². The molecule has 19 nitrogen and oxygen atoms in total. The Morgan fingerprint density at radius 2 is 0.938 bits per heavy atom. The van der Waals surface area contributed by atoms with Gasteiger partial charge in [-0.3, -0.25) is 14.4 Å². The maximum Gasteiger partial charge on any atom is 1.00 e. The molecule has 2 aliphatic rings. The number of fused-ring (bicyclic) bond motifs is 2. The normalized spacial score (nSPS) is 12.9. The molecule has 8 rings (SSSR count). The molecule has 4 aromatic heterocycles. The number of urea groups is 2. The molecule has 0 fully saturated rings. The third kappa shape index (κ3) is 20.5. The summed E-state index contributed by atoms with van der Waals surface area (Å²) in [6.45, 7) is 7.40. The van der Waals surface area contributed by atoms with E-state index >= 15 is 0 Å². The number of aliphatic carboxylic acids is 2. The minimum absolute atomic E-state index is 0. The summed E-state index contributed by atoms with van der Waals surface area (Å²) in [6.07, 6.45) is 3.38. The number of carbonyl (C=O) groups excluding carboxylic acids is 5. The van der Waals surface area contributed by atoms with E-state index in [1.54, 1.807) is 97.6 Å². The van der Waals surface area contributed by atoms with E-state index in [1.165, 1.54) is 6.92 Å². The van der Waals surface area contributed by atoms with Crippen LogP contribution in [0.3, 0.4) is 0 Å². The molecule has 6 heterocycles. The molecule has 0 aliphatic carbocycles. The Bertz CT molecular complexity index is 2660. The van der Waals surface area contributed by atoms with Crippen molar-refractivity contribution in [2.75, 3.05) is 13.6 Å². The van der Waals surface area contributed by atoms with Crippen LogP contribution in [0.4, 0.5) is 9.59 Å². The van der Waals surface area contributed by atoms with Crippen molar-refractivity contribution in [3.05, 3.63) is 137 Å². The molecule has 2 aliphatic heterocycles. The summed E-state index contributed by atoms with van der Waals surface area (Å²) in [6, 6.07) is 23.1. The van der Waals surface area contributed by atoms with Crippen LogP contribution in [-0.4, -0.2) is 76.4 Å². The maximum absolute atomic E-state index is 13.8. The van der Waals surface area contributed by atoms with Gasteiger partial charge in [-0.05, 0) is 94.0 Å². The first-order valence-electron chi connectivity index (χ1n) is 25.6. The van der Waals surface area contributed by atoms with Gasteiger partial charge in [0, 0.05) is 38.8 Å². The number of hydrogen-bond donors (Lipinski definition) is 5. The van der Waals surface area contributed by atoms with E-state index in [-0.39, 0.29) is 61.4 Å². The summed E-state index contributed by atoms with van der Waals surface area (Å²) in [5.74, 6) is -0.658. The van der Waals surface area contributed by atoms with E-state index in [2.05, 4.69) is 21.3 Å². The Balaban J connectivity index is 0.000000277. The van der Waals surface area contributed by atoms with Crippen LogP contribution in [0.15, 0.2) is 106 Å². The second-order valence-corrected chi connectivity index (χ2v) is 22.2. The van der Waals surface area contributed by atoms with Crippen molar-refractivity contribution in [2.24, 2.45) is 0 Å². The molecule has 24 heteroatoms. The second-order valence-electron chi connectivity index (χ2n) is 18.1. The van der Waals surface area contributed by atoms with E-state index in [9.17, 15) is 39.0 Å². The summed E-state index contributed by atoms with van der Waals surface area (Å²) in [5.41, 5.74) is 1.10. The van der Waals surface area contributed by atoms with E-state index in [1.807, 2.05) is 83.9 Å². The van der Waals surface area contributed by atoms with E-state index in [0.29, 0.717) is 73.1 Å². The number of benzene rings is 2. The zero-order chi connectivity index (χ0) is 56.5. The van der Waals surface area contributed by atoms with E-state index in [4.69, 9.17) is 24.2 Å². The maximum atomic E-state index is 13.8. The zero-order valence-corrected chi connectivity index (χ0v) is 50.3. The van der Waals surface area contributed by atoms with Gasteiger partial charge in [0.1, 0.15) is 12.1 Å². The van der Waals surface area contributed by atoms with Crippen LogP contribution >= 0.6 is 45.3 Å². The van der Waals surface area contributed by atoms with Gasteiger partial charge in [0.05, 0.1) is 50.8 Å². The molecular formula is C56H64N7NaO12S4. The Labute approximate surface area is 503 Å². The first kappa shape index (κ1) is 64.2. The minimum Gasteiger partial charge on any atom is -0.550 e. The third-order valence-electron chi connectivity index (χ3n) is 12.2. The van der Waals surface area contributed by atoms with Gasteiger partial charge in [-0.2, -0.15) is 5.26 Å². The standard InChI is InChI=1S/2C27H31N3O6S2.C2H3N.Na/c2*1-2-3-8-21(26(33)30(15-19-6-4-11-37-19)16-20-7-5-12-38-20)28-27(34)29-22(14-25(31)32)18-9-10-23-24(13-18)36-17-35-23;1-2-3;/h2*4-7,9-13,21-22H,2-3,8,14-17H2,1H3,(H,31,32)(H2,28,29,34);1H3;/q;;;+1/p-1/t21-,22+;21-,22-;;/m11../s1. The average Bonchev–Trinajstić information content (AvgIpc) is 4.32. The number of nitriles is 1. The number of carboxylic acids is 2. The van der Waals surface area contributed by atoms with E-state index in [0.717, 1.165) is 45.2 Å². The molecule has 2 aromatic carbocycles.